The lowest BCUT2D eigenvalue weighted by Crippen LogP contribution is -2.36. The summed E-state index contributed by atoms with van der Waals surface area (Å²) in [5.74, 6) is -0.251. The summed E-state index contributed by atoms with van der Waals surface area (Å²) < 4.78 is 0. The fourth-order valence-electron chi connectivity index (χ4n) is 2.38. The molecule has 5 nitrogen and oxygen atoms in total. The topological polar surface area (TPSA) is 73.4 Å². The maximum Gasteiger partial charge on any atom is 0.260 e. The summed E-state index contributed by atoms with van der Waals surface area (Å²) in [5, 5.41) is 10.0. The van der Waals surface area contributed by atoms with Crippen molar-refractivity contribution in [3.05, 3.63) is 33.7 Å². The molecule has 1 aliphatic rings. The van der Waals surface area contributed by atoms with E-state index >= 15 is 0 Å². The standard InChI is InChI=1S/C14H20N2O3/c1-10-4-5-11(12(17)15-10)13(18)16-8-3-6-14(2,19)7-9-16/h4-5,19H,3,6-9H2,1-2H3,(H,15,17). The van der Waals surface area contributed by atoms with Gasteiger partial charge >= 0.3 is 0 Å². The van der Waals surface area contributed by atoms with Crippen LogP contribution in [0.2, 0.25) is 0 Å². The van der Waals surface area contributed by atoms with Gasteiger partial charge in [-0.2, -0.15) is 0 Å². The first-order chi connectivity index (χ1) is 8.89. The van der Waals surface area contributed by atoms with Crippen LogP contribution < -0.4 is 5.56 Å². The number of H-pyrrole nitrogens is 1. The normalized spacial score (nSPS) is 24.1. The van der Waals surface area contributed by atoms with Gasteiger partial charge < -0.3 is 15.0 Å². The van der Waals surface area contributed by atoms with Gasteiger partial charge in [-0.15, -0.1) is 0 Å². The Morgan fingerprint density at radius 1 is 1.37 bits per heavy atom. The molecule has 2 N–H and O–H groups in total. The van der Waals surface area contributed by atoms with Crippen LogP contribution in [0.5, 0.6) is 0 Å². The lowest BCUT2D eigenvalue weighted by molar-refractivity contribution is 0.0437. The Balaban J connectivity index is 2.18. The lowest BCUT2D eigenvalue weighted by Gasteiger charge is -2.22. The Hall–Kier alpha value is -1.62. The third-order valence-corrected chi connectivity index (χ3v) is 3.64. The van der Waals surface area contributed by atoms with Gasteiger partial charge in [0.1, 0.15) is 5.56 Å². The largest absolute Gasteiger partial charge is 0.390 e. The number of pyridine rings is 1. The van der Waals surface area contributed by atoms with Crippen LogP contribution in [0.15, 0.2) is 16.9 Å². The van der Waals surface area contributed by atoms with Crippen LogP contribution in [0.1, 0.15) is 42.2 Å². The zero-order valence-electron chi connectivity index (χ0n) is 11.4. The van der Waals surface area contributed by atoms with Gasteiger partial charge in [-0.1, -0.05) is 0 Å². The number of hydrogen-bond donors (Lipinski definition) is 2. The van der Waals surface area contributed by atoms with E-state index in [1.807, 2.05) is 0 Å². The van der Waals surface area contributed by atoms with Gasteiger partial charge in [0, 0.05) is 18.8 Å². The predicted molar refractivity (Wildman–Crippen MR) is 72.2 cm³/mol. The third kappa shape index (κ3) is 3.23. The Kier molecular flexibility index (Phi) is 3.75. The number of likely N-dealkylation sites (tertiary alicyclic amines) is 1. The fraction of sp³-hybridized carbons (Fsp3) is 0.571. The van der Waals surface area contributed by atoms with E-state index in [0.29, 0.717) is 25.9 Å². The molecule has 1 atom stereocenters. The third-order valence-electron chi connectivity index (χ3n) is 3.64. The molecule has 1 fully saturated rings. The van der Waals surface area contributed by atoms with E-state index in [-0.39, 0.29) is 17.0 Å². The molecule has 1 saturated heterocycles. The molecule has 0 saturated carbocycles. The molecule has 0 radical (unpaired) electrons. The van der Waals surface area contributed by atoms with E-state index in [2.05, 4.69) is 4.98 Å². The van der Waals surface area contributed by atoms with Crippen LogP contribution in [-0.2, 0) is 0 Å². The summed E-state index contributed by atoms with van der Waals surface area (Å²) in [6.07, 6.45) is 1.98. The smallest absolute Gasteiger partial charge is 0.260 e. The number of rotatable bonds is 1. The molecule has 0 spiro atoms. The molecule has 0 bridgehead atoms. The zero-order chi connectivity index (χ0) is 14.0. The number of aliphatic hydroxyl groups is 1. The van der Waals surface area contributed by atoms with Gasteiger partial charge in [0.15, 0.2) is 0 Å². The van der Waals surface area contributed by atoms with Crippen molar-refractivity contribution in [2.45, 2.75) is 38.7 Å². The number of aromatic amines is 1. The van der Waals surface area contributed by atoms with E-state index < -0.39 is 5.60 Å². The number of aryl methyl sites for hydroxylation is 1. The number of carbonyl (C=O) groups is 1. The highest BCUT2D eigenvalue weighted by Crippen LogP contribution is 2.21. The summed E-state index contributed by atoms with van der Waals surface area (Å²) >= 11 is 0. The molecule has 104 valence electrons. The summed E-state index contributed by atoms with van der Waals surface area (Å²) in [7, 11) is 0. The molecule has 19 heavy (non-hydrogen) atoms. The first-order valence-corrected chi connectivity index (χ1v) is 6.61. The average Bonchev–Trinajstić information content (AvgIpc) is 2.49. The van der Waals surface area contributed by atoms with Crippen molar-refractivity contribution >= 4 is 5.91 Å². The highest BCUT2D eigenvalue weighted by Gasteiger charge is 2.28. The molecule has 1 unspecified atom stereocenters. The van der Waals surface area contributed by atoms with E-state index in [0.717, 1.165) is 12.1 Å². The van der Waals surface area contributed by atoms with Gasteiger partial charge in [-0.05, 0) is 45.2 Å². The number of aromatic nitrogens is 1. The van der Waals surface area contributed by atoms with Crippen LogP contribution in [-0.4, -0.2) is 39.6 Å². The Morgan fingerprint density at radius 3 is 2.79 bits per heavy atom. The molecule has 0 aromatic carbocycles. The summed E-state index contributed by atoms with van der Waals surface area (Å²) in [4.78, 5) is 28.4. The first kappa shape index (κ1) is 13.8. The van der Waals surface area contributed by atoms with Crippen molar-refractivity contribution < 1.29 is 9.90 Å². The number of amides is 1. The Bertz CT molecular complexity index is 534. The van der Waals surface area contributed by atoms with Crippen molar-refractivity contribution in [3.63, 3.8) is 0 Å². The Morgan fingerprint density at radius 2 is 2.11 bits per heavy atom. The first-order valence-electron chi connectivity index (χ1n) is 6.61. The number of hydrogen-bond acceptors (Lipinski definition) is 3. The van der Waals surface area contributed by atoms with E-state index in [4.69, 9.17) is 0 Å². The second-order valence-corrected chi connectivity index (χ2v) is 5.53. The number of carbonyl (C=O) groups excluding carboxylic acids is 1. The minimum Gasteiger partial charge on any atom is -0.390 e. The fourth-order valence-corrected chi connectivity index (χ4v) is 2.38. The molecule has 1 aromatic rings. The second kappa shape index (κ2) is 5.17. The van der Waals surface area contributed by atoms with Gasteiger partial charge in [-0.25, -0.2) is 0 Å². The van der Waals surface area contributed by atoms with Crippen LogP contribution in [0.25, 0.3) is 0 Å². The molecule has 5 heteroatoms. The SMILES string of the molecule is Cc1ccc(C(=O)N2CCCC(C)(O)CC2)c(=O)[nH]1. The summed E-state index contributed by atoms with van der Waals surface area (Å²) in [5.41, 5.74) is -0.150. The van der Waals surface area contributed by atoms with Crippen molar-refractivity contribution in [2.75, 3.05) is 13.1 Å². The van der Waals surface area contributed by atoms with Crippen molar-refractivity contribution in [1.29, 1.82) is 0 Å². The minimum absolute atomic E-state index is 0.173. The average molecular weight is 264 g/mol. The molecule has 1 amide bonds. The Labute approximate surface area is 112 Å². The van der Waals surface area contributed by atoms with Gasteiger partial charge in [0.2, 0.25) is 0 Å². The monoisotopic (exact) mass is 264 g/mol. The number of nitrogens with one attached hydrogen (secondary N) is 1. The van der Waals surface area contributed by atoms with Gasteiger partial charge in [0.05, 0.1) is 5.60 Å². The van der Waals surface area contributed by atoms with E-state index in [1.54, 1.807) is 30.9 Å². The highest BCUT2D eigenvalue weighted by atomic mass is 16.3. The minimum atomic E-state index is -0.714. The molecule has 2 rings (SSSR count). The van der Waals surface area contributed by atoms with E-state index in [1.165, 1.54) is 0 Å². The molecular weight excluding hydrogens is 244 g/mol. The van der Waals surface area contributed by atoms with Crippen LogP contribution in [0.3, 0.4) is 0 Å². The summed E-state index contributed by atoms with van der Waals surface area (Å²) in [6, 6.07) is 3.29. The van der Waals surface area contributed by atoms with Crippen molar-refractivity contribution in [1.82, 2.24) is 9.88 Å². The number of nitrogens with zero attached hydrogens (tertiary/aromatic N) is 1. The zero-order valence-corrected chi connectivity index (χ0v) is 11.4. The van der Waals surface area contributed by atoms with Crippen LogP contribution in [0, 0.1) is 6.92 Å². The quantitative estimate of drug-likeness (QED) is 0.796. The van der Waals surface area contributed by atoms with Crippen molar-refractivity contribution in [3.8, 4) is 0 Å². The lowest BCUT2D eigenvalue weighted by atomic mass is 9.98. The summed E-state index contributed by atoms with van der Waals surface area (Å²) in [6.45, 7) is 4.64. The van der Waals surface area contributed by atoms with E-state index in [9.17, 15) is 14.7 Å². The maximum atomic E-state index is 12.3. The maximum absolute atomic E-state index is 12.3. The molecular formula is C14H20N2O3. The van der Waals surface area contributed by atoms with Gasteiger partial charge in [0.25, 0.3) is 11.5 Å². The van der Waals surface area contributed by atoms with Crippen molar-refractivity contribution in [2.24, 2.45) is 0 Å². The molecule has 1 aromatic heterocycles. The van der Waals surface area contributed by atoms with Gasteiger partial charge in [-0.3, -0.25) is 9.59 Å². The highest BCUT2D eigenvalue weighted by molar-refractivity contribution is 5.93. The molecule has 1 aliphatic heterocycles. The molecule has 2 heterocycles. The second-order valence-electron chi connectivity index (χ2n) is 5.53. The molecule has 0 aliphatic carbocycles. The predicted octanol–water partition coefficient (Wildman–Crippen LogP) is 1.06. The van der Waals surface area contributed by atoms with Crippen LogP contribution >= 0.6 is 0 Å². The van der Waals surface area contributed by atoms with Crippen LogP contribution in [0.4, 0.5) is 0 Å².